The Kier molecular flexibility index (Phi) is 6.20. The molecule has 1 amide bonds. The molecule has 1 aliphatic heterocycles. The first-order valence-electron chi connectivity index (χ1n) is 8.68. The number of benzene rings is 2. The molecule has 144 valence electrons. The summed E-state index contributed by atoms with van der Waals surface area (Å²) in [5, 5.41) is 0. The highest BCUT2D eigenvalue weighted by molar-refractivity contribution is 7.89. The van der Waals surface area contributed by atoms with Crippen LogP contribution < -0.4 is 5.48 Å². The quantitative estimate of drug-likeness (QED) is 0.767. The molecule has 1 fully saturated rings. The molecule has 2 aromatic carbocycles. The molecule has 1 atom stereocenters. The molecular weight excluding hydrogens is 371 g/mol. The van der Waals surface area contributed by atoms with Crippen LogP contribution in [0.25, 0.3) is 0 Å². The third-order valence-electron chi connectivity index (χ3n) is 4.46. The number of sulfonamides is 1. The first-order valence-corrected chi connectivity index (χ1v) is 10.1. The molecule has 0 unspecified atom stereocenters. The smallest absolute Gasteiger partial charge is 0.247 e. The van der Waals surface area contributed by atoms with Gasteiger partial charge in [0, 0.05) is 13.1 Å². The highest BCUT2D eigenvalue weighted by Gasteiger charge is 2.33. The van der Waals surface area contributed by atoms with Gasteiger partial charge in [-0.05, 0) is 42.7 Å². The zero-order valence-corrected chi connectivity index (χ0v) is 15.5. The second-order valence-electron chi connectivity index (χ2n) is 6.40. The molecule has 27 heavy (non-hydrogen) atoms. The molecule has 1 heterocycles. The summed E-state index contributed by atoms with van der Waals surface area (Å²) in [6.07, 6.45) is 1.15. The predicted molar refractivity (Wildman–Crippen MR) is 97.3 cm³/mol. The highest BCUT2D eigenvalue weighted by atomic mass is 32.2. The summed E-state index contributed by atoms with van der Waals surface area (Å²) in [6, 6.07) is 14.1. The van der Waals surface area contributed by atoms with E-state index in [1.165, 1.54) is 16.4 Å². The fraction of sp³-hybridized carbons (Fsp3) is 0.316. The molecule has 1 N–H and O–H groups in total. The summed E-state index contributed by atoms with van der Waals surface area (Å²) in [5.41, 5.74) is 3.33. The number of nitrogens with one attached hydrogen (secondary N) is 1. The van der Waals surface area contributed by atoms with Gasteiger partial charge in [0.05, 0.1) is 17.4 Å². The van der Waals surface area contributed by atoms with Gasteiger partial charge in [0.15, 0.2) is 0 Å². The van der Waals surface area contributed by atoms with E-state index in [4.69, 9.17) is 4.84 Å². The van der Waals surface area contributed by atoms with Crippen molar-refractivity contribution in [1.29, 1.82) is 0 Å². The molecule has 8 heteroatoms. The van der Waals surface area contributed by atoms with Crippen molar-refractivity contribution in [1.82, 2.24) is 9.79 Å². The molecule has 0 spiro atoms. The van der Waals surface area contributed by atoms with E-state index in [0.29, 0.717) is 19.4 Å². The van der Waals surface area contributed by atoms with E-state index in [-0.39, 0.29) is 24.0 Å². The van der Waals surface area contributed by atoms with Crippen LogP contribution in [-0.4, -0.2) is 31.7 Å². The summed E-state index contributed by atoms with van der Waals surface area (Å²) in [6.45, 7) is 0.630. The van der Waals surface area contributed by atoms with Crippen LogP contribution in [0.5, 0.6) is 0 Å². The van der Waals surface area contributed by atoms with Gasteiger partial charge in [-0.1, -0.05) is 30.3 Å². The van der Waals surface area contributed by atoms with Crippen LogP contribution in [0, 0.1) is 11.7 Å². The Hall–Kier alpha value is -2.29. The number of piperidine rings is 1. The number of nitrogens with zero attached hydrogens (tertiary/aromatic N) is 1. The van der Waals surface area contributed by atoms with Gasteiger partial charge in [-0.25, -0.2) is 18.3 Å². The minimum Gasteiger partial charge on any atom is -0.272 e. The van der Waals surface area contributed by atoms with Crippen molar-refractivity contribution in [3.63, 3.8) is 0 Å². The number of rotatable bonds is 6. The number of carbonyl (C=O) groups is 1. The fourth-order valence-electron chi connectivity index (χ4n) is 2.98. The lowest BCUT2D eigenvalue weighted by atomic mass is 9.99. The lowest BCUT2D eigenvalue weighted by Gasteiger charge is -2.31. The average Bonchev–Trinajstić information content (AvgIpc) is 2.69. The summed E-state index contributed by atoms with van der Waals surface area (Å²) < 4.78 is 39.7. The Bertz CT molecular complexity index is 872. The van der Waals surface area contributed by atoms with Crippen LogP contribution in [0.2, 0.25) is 0 Å². The molecular formula is C19H21FN2O4S. The van der Waals surface area contributed by atoms with Crippen LogP contribution in [0.15, 0.2) is 59.5 Å². The van der Waals surface area contributed by atoms with Crippen molar-refractivity contribution < 1.29 is 22.4 Å². The number of carbonyl (C=O) groups excluding carboxylic acids is 1. The second-order valence-corrected chi connectivity index (χ2v) is 8.33. The third kappa shape index (κ3) is 4.91. The predicted octanol–water partition coefficient (Wildman–Crippen LogP) is 2.47. The van der Waals surface area contributed by atoms with Crippen LogP contribution in [0.4, 0.5) is 4.39 Å². The van der Waals surface area contributed by atoms with E-state index in [1.807, 2.05) is 30.3 Å². The molecule has 0 saturated carbocycles. The molecule has 1 aliphatic rings. The maximum absolute atomic E-state index is 13.1. The second kappa shape index (κ2) is 8.60. The van der Waals surface area contributed by atoms with Crippen LogP contribution >= 0.6 is 0 Å². The molecule has 0 aromatic heterocycles. The van der Waals surface area contributed by atoms with Crippen LogP contribution in [-0.2, 0) is 26.3 Å². The number of hydrogen-bond donors (Lipinski definition) is 1. The van der Waals surface area contributed by atoms with E-state index in [2.05, 4.69) is 5.48 Å². The Morgan fingerprint density at radius 2 is 1.85 bits per heavy atom. The van der Waals surface area contributed by atoms with E-state index in [0.717, 1.165) is 17.7 Å². The largest absolute Gasteiger partial charge is 0.272 e. The molecule has 1 saturated heterocycles. The van der Waals surface area contributed by atoms with Crippen molar-refractivity contribution in [2.45, 2.75) is 24.3 Å². The van der Waals surface area contributed by atoms with E-state index >= 15 is 0 Å². The van der Waals surface area contributed by atoms with Gasteiger partial charge in [-0.2, -0.15) is 4.31 Å². The summed E-state index contributed by atoms with van der Waals surface area (Å²) in [7, 11) is -3.76. The zero-order chi connectivity index (χ0) is 19.3. The maximum Gasteiger partial charge on any atom is 0.247 e. The number of halogens is 1. The SMILES string of the molecule is O=C(NOCc1ccccc1)[C@H]1CCCN(S(=O)(=O)c2ccc(F)cc2)C1. The number of hydrogen-bond acceptors (Lipinski definition) is 4. The maximum atomic E-state index is 13.1. The summed E-state index contributed by atoms with van der Waals surface area (Å²) in [5.74, 6) is -1.34. The Balaban J connectivity index is 1.58. The normalized spacial score (nSPS) is 18.2. The first kappa shape index (κ1) is 19.5. The lowest BCUT2D eigenvalue weighted by Crippen LogP contribution is -2.45. The topological polar surface area (TPSA) is 75.7 Å². The van der Waals surface area contributed by atoms with Crippen LogP contribution in [0.3, 0.4) is 0 Å². The first-order chi connectivity index (χ1) is 13.0. The van der Waals surface area contributed by atoms with Gasteiger partial charge < -0.3 is 0 Å². The highest BCUT2D eigenvalue weighted by Crippen LogP contribution is 2.24. The number of hydroxylamine groups is 1. The molecule has 3 rings (SSSR count). The molecule has 0 bridgehead atoms. The monoisotopic (exact) mass is 392 g/mol. The minimum atomic E-state index is -3.76. The molecule has 6 nitrogen and oxygen atoms in total. The minimum absolute atomic E-state index is 0.0188. The van der Waals surface area contributed by atoms with Crippen LogP contribution in [0.1, 0.15) is 18.4 Å². The van der Waals surface area contributed by atoms with Gasteiger partial charge in [-0.15, -0.1) is 0 Å². The van der Waals surface area contributed by atoms with Gasteiger partial charge in [0.25, 0.3) is 0 Å². The van der Waals surface area contributed by atoms with E-state index in [1.54, 1.807) is 0 Å². The Morgan fingerprint density at radius 1 is 1.15 bits per heavy atom. The molecule has 2 aromatic rings. The summed E-state index contributed by atoms with van der Waals surface area (Å²) >= 11 is 0. The van der Waals surface area contributed by atoms with Gasteiger partial charge >= 0.3 is 0 Å². The zero-order valence-electron chi connectivity index (χ0n) is 14.7. The van der Waals surface area contributed by atoms with Crippen molar-refractivity contribution in [3.05, 3.63) is 66.0 Å². The van der Waals surface area contributed by atoms with Gasteiger partial charge in [0.1, 0.15) is 5.82 Å². The molecule has 0 radical (unpaired) electrons. The Morgan fingerprint density at radius 3 is 2.56 bits per heavy atom. The Labute approximate surface area is 158 Å². The third-order valence-corrected chi connectivity index (χ3v) is 6.34. The summed E-state index contributed by atoms with van der Waals surface area (Å²) in [4.78, 5) is 17.6. The van der Waals surface area contributed by atoms with E-state index < -0.39 is 21.8 Å². The van der Waals surface area contributed by atoms with E-state index in [9.17, 15) is 17.6 Å². The number of amides is 1. The van der Waals surface area contributed by atoms with Crippen molar-refractivity contribution in [2.75, 3.05) is 13.1 Å². The molecule has 0 aliphatic carbocycles. The lowest BCUT2D eigenvalue weighted by molar-refractivity contribution is -0.140. The van der Waals surface area contributed by atoms with Crippen molar-refractivity contribution >= 4 is 15.9 Å². The van der Waals surface area contributed by atoms with Crippen molar-refractivity contribution in [3.8, 4) is 0 Å². The standard InChI is InChI=1S/C19H21FN2O4S/c20-17-8-10-18(11-9-17)27(24,25)22-12-4-7-16(13-22)19(23)21-26-14-15-5-2-1-3-6-15/h1-3,5-6,8-11,16H,4,7,12-14H2,(H,21,23)/t16-/m0/s1. The van der Waals surface area contributed by atoms with Gasteiger partial charge in [0.2, 0.25) is 15.9 Å². The van der Waals surface area contributed by atoms with Gasteiger partial charge in [-0.3, -0.25) is 9.63 Å². The average molecular weight is 392 g/mol. The van der Waals surface area contributed by atoms with Crippen molar-refractivity contribution in [2.24, 2.45) is 5.92 Å². The fourth-order valence-corrected chi connectivity index (χ4v) is 4.50.